The Morgan fingerprint density at radius 1 is 1.18 bits per heavy atom. The Morgan fingerprint density at radius 2 is 1.93 bits per heavy atom. The number of rotatable bonds is 8. The summed E-state index contributed by atoms with van der Waals surface area (Å²) in [7, 11) is 0. The van der Waals surface area contributed by atoms with Crippen LogP contribution in [-0.4, -0.2) is 33.2 Å². The second-order valence-corrected chi connectivity index (χ2v) is 9.21. The van der Waals surface area contributed by atoms with Gasteiger partial charge < -0.3 is 5.11 Å². The summed E-state index contributed by atoms with van der Waals surface area (Å²) in [5.74, 6) is 0.960. The first-order valence-corrected chi connectivity index (χ1v) is 11.1. The van der Waals surface area contributed by atoms with E-state index in [4.69, 9.17) is 0 Å². The summed E-state index contributed by atoms with van der Waals surface area (Å²) < 4.78 is 1.63. The average Bonchev–Trinajstić information content (AvgIpc) is 3.14. The molecular formula is C19H18N4O2S3. The van der Waals surface area contributed by atoms with Crippen LogP contribution in [0.15, 0.2) is 62.3 Å². The zero-order valence-corrected chi connectivity index (χ0v) is 17.5. The van der Waals surface area contributed by atoms with Crippen LogP contribution in [-0.2, 0) is 10.5 Å². The molecule has 1 aromatic heterocycles. The second kappa shape index (κ2) is 10.3. The third kappa shape index (κ3) is 6.66. The van der Waals surface area contributed by atoms with Gasteiger partial charge >= 0.3 is 0 Å². The zero-order valence-electron chi connectivity index (χ0n) is 15.0. The number of aryl methyl sites for hydroxylation is 1. The van der Waals surface area contributed by atoms with Crippen LogP contribution >= 0.6 is 34.9 Å². The van der Waals surface area contributed by atoms with E-state index in [0.717, 1.165) is 14.4 Å². The van der Waals surface area contributed by atoms with E-state index in [0.29, 0.717) is 5.56 Å². The summed E-state index contributed by atoms with van der Waals surface area (Å²) in [5.41, 5.74) is 5.64. The predicted octanol–water partition coefficient (Wildman–Crippen LogP) is 4.09. The van der Waals surface area contributed by atoms with Gasteiger partial charge in [0.1, 0.15) is 5.75 Å². The van der Waals surface area contributed by atoms with Crippen LogP contribution in [0, 0.1) is 6.92 Å². The molecule has 144 valence electrons. The van der Waals surface area contributed by atoms with Gasteiger partial charge in [0.05, 0.1) is 12.0 Å². The zero-order chi connectivity index (χ0) is 19.8. The number of phenols is 1. The lowest BCUT2D eigenvalue weighted by Crippen LogP contribution is -2.19. The fourth-order valence-electron chi connectivity index (χ4n) is 2.09. The van der Waals surface area contributed by atoms with Crippen molar-refractivity contribution < 1.29 is 9.90 Å². The van der Waals surface area contributed by atoms with E-state index in [1.807, 2.05) is 0 Å². The van der Waals surface area contributed by atoms with E-state index < -0.39 is 0 Å². The Morgan fingerprint density at radius 3 is 2.68 bits per heavy atom. The van der Waals surface area contributed by atoms with Crippen molar-refractivity contribution in [1.82, 2.24) is 15.6 Å². The van der Waals surface area contributed by atoms with Crippen molar-refractivity contribution in [3.8, 4) is 5.75 Å². The Bertz CT molecular complexity index is 958. The molecule has 0 unspecified atom stereocenters. The number of hydrogen-bond acceptors (Lipinski definition) is 8. The van der Waals surface area contributed by atoms with Crippen molar-refractivity contribution in [1.29, 1.82) is 0 Å². The molecule has 0 aliphatic heterocycles. The summed E-state index contributed by atoms with van der Waals surface area (Å²) in [6.07, 6.45) is 1.48. The topological polar surface area (TPSA) is 87.5 Å². The highest BCUT2D eigenvalue weighted by atomic mass is 32.2. The lowest BCUT2D eigenvalue weighted by molar-refractivity contribution is -0.118. The highest BCUT2D eigenvalue weighted by Crippen LogP contribution is 2.30. The van der Waals surface area contributed by atoms with Crippen molar-refractivity contribution in [3.63, 3.8) is 0 Å². The van der Waals surface area contributed by atoms with Gasteiger partial charge in [-0.15, -0.1) is 10.2 Å². The minimum absolute atomic E-state index is 0.151. The van der Waals surface area contributed by atoms with Crippen LogP contribution in [0.5, 0.6) is 5.75 Å². The number of carbonyl (C=O) groups excluding carboxylic acids is 1. The number of hydrazone groups is 1. The van der Waals surface area contributed by atoms with Crippen molar-refractivity contribution in [3.05, 3.63) is 65.2 Å². The van der Waals surface area contributed by atoms with Crippen molar-refractivity contribution >= 4 is 47.0 Å². The van der Waals surface area contributed by atoms with Gasteiger partial charge in [-0.3, -0.25) is 4.79 Å². The smallest absolute Gasteiger partial charge is 0.250 e. The van der Waals surface area contributed by atoms with E-state index in [1.54, 1.807) is 36.0 Å². The van der Waals surface area contributed by atoms with Crippen molar-refractivity contribution in [2.24, 2.45) is 5.10 Å². The maximum atomic E-state index is 11.9. The van der Waals surface area contributed by atoms with Crippen LogP contribution in [0.3, 0.4) is 0 Å². The van der Waals surface area contributed by atoms with E-state index in [9.17, 15) is 9.90 Å². The molecule has 0 bridgehead atoms. The quantitative estimate of drug-likeness (QED) is 0.318. The summed E-state index contributed by atoms with van der Waals surface area (Å²) in [4.78, 5) is 11.9. The molecule has 6 nitrogen and oxygen atoms in total. The maximum absolute atomic E-state index is 11.9. The summed E-state index contributed by atoms with van der Waals surface area (Å²) in [6, 6.07) is 15.0. The Kier molecular flexibility index (Phi) is 7.46. The highest BCUT2D eigenvalue weighted by Gasteiger charge is 2.08. The standard InChI is InChI=1S/C19H18N4O2S3/c1-13-5-7-14(8-6-13)11-26-18-22-23-19(28-18)27-12-17(25)21-20-10-15-3-2-4-16(24)9-15/h2-10,24H,11-12H2,1H3,(H,21,25). The number of nitrogens with zero attached hydrogens (tertiary/aromatic N) is 3. The van der Waals surface area contributed by atoms with Gasteiger partial charge in [0, 0.05) is 5.75 Å². The Hall–Kier alpha value is -2.36. The van der Waals surface area contributed by atoms with Gasteiger partial charge in [-0.25, -0.2) is 5.43 Å². The van der Waals surface area contributed by atoms with Gasteiger partial charge in [0.25, 0.3) is 5.91 Å². The molecule has 3 aromatic rings. The van der Waals surface area contributed by atoms with Crippen LogP contribution in [0.4, 0.5) is 0 Å². The summed E-state index contributed by atoms with van der Waals surface area (Å²) in [6.45, 7) is 2.07. The van der Waals surface area contributed by atoms with Gasteiger partial charge in [0.15, 0.2) is 8.68 Å². The first-order chi connectivity index (χ1) is 13.6. The predicted molar refractivity (Wildman–Crippen MR) is 115 cm³/mol. The summed E-state index contributed by atoms with van der Waals surface area (Å²) in [5, 5.41) is 21.5. The minimum Gasteiger partial charge on any atom is -0.508 e. The summed E-state index contributed by atoms with van der Waals surface area (Å²) >= 11 is 4.44. The van der Waals surface area contributed by atoms with Crippen LogP contribution in [0.1, 0.15) is 16.7 Å². The Labute approximate surface area is 175 Å². The number of phenolic OH excluding ortho intramolecular Hbond substituents is 1. The molecule has 0 saturated carbocycles. The second-order valence-electron chi connectivity index (χ2n) is 5.78. The highest BCUT2D eigenvalue weighted by molar-refractivity contribution is 8.03. The minimum atomic E-state index is -0.231. The molecule has 2 aromatic carbocycles. The number of carbonyl (C=O) groups is 1. The van der Waals surface area contributed by atoms with E-state index in [2.05, 4.69) is 51.9 Å². The number of thioether (sulfide) groups is 2. The van der Waals surface area contributed by atoms with Gasteiger partial charge in [0.2, 0.25) is 0 Å². The molecule has 0 spiro atoms. The van der Waals surface area contributed by atoms with Crippen LogP contribution in [0.2, 0.25) is 0 Å². The molecule has 0 radical (unpaired) electrons. The number of benzene rings is 2. The van der Waals surface area contributed by atoms with Crippen molar-refractivity contribution in [2.45, 2.75) is 21.4 Å². The lowest BCUT2D eigenvalue weighted by atomic mass is 10.2. The number of hydrogen-bond donors (Lipinski definition) is 2. The third-order valence-corrected chi connectivity index (χ3v) is 6.73. The maximum Gasteiger partial charge on any atom is 0.250 e. The van der Waals surface area contributed by atoms with Gasteiger partial charge in [-0.2, -0.15) is 5.10 Å². The lowest BCUT2D eigenvalue weighted by Gasteiger charge is -1.99. The fraction of sp³-hybridized carbons (Fsp3) is 0.158. The fourth-order valence-corrected chi connectivity index (χ4v) is 4.85. The molecule has 0 aliphatic carbocycles. The molecule has 0 fully saturated rings. The largest absolute Gasteiger partial charge is 0.508 e. The van der Waals surface area contributed by atoms with Crippen LogP contribution < -0.4 is 5.43 Å². The molecule has 0 atom stereocenters. The number of aromatic nitrogens is 2. The number of aromatic hydroxyl groups is 1. The monoisotopic (exact) mass is 430 g/mol. The van der Waals surface area contributed by atoms with E-state index >= 15 is 0 Å². The molecule has 9 heteroatoms. The molecule has 2 N–H and O–H groups in total. The molecule has 28 heavy (non-hydrogen) atoms. The van der Waals surface area contributed by atoms with E-state index in [-0.39, 0.29) is 17.4 Å². The molecular weight excluding hydrogens is 412 g/mol. The Balaban J connectivity index is 1.41. The first kappa shape index (κ1) is 20.4. The molecule has 1 heterocycles. The number of amides is 1. The third-order valence-electron chi connectivity index (χ3n) is 3.47. The molecule has 3 rings (SSSR count). The van der Waals surface area contributed by atoms with Crippen molar-refractivity contribution in [2.75, 3.05) is 5.75 Å². The molecule has 0 aliphatic rings. The number of nitrogens with one attached hydrogen (secondary N) is 1. The first-order valence-electron chi connectivity index (χ1n) is 8.34. The average molecular weight is 431 g/mol. The van der Waals surface area contributed by atoms with Crippen LogP contribution in [0.25, 0.3) is 0 Å². The molecule has 0 saturated heterocycles. The normalized spacial score (nSPS) is 11.0. The molecule has 1 amide bonds. The SMILES string of the molecule is Cc1ccc(CSc2nnc(SCC(=O)NN=Cc3cccc(O)c3)s2)cc1. The van der Waals surface area contributed by atoms with E-state index in [1.165, 1.54) is 40.4 Å². The van der Waals surface area contributed by atoms with Gasteiger partial charge in [-0.05, 0) is 30.2 Å². The van der Waals surface area contributed by atoms with Gasteiger partial charge in [-0.1, -0.05) is 76.8 Å².